The van der Waals surface area contributed by atoms with Crippen molar-refractivity contribution in [1.82, 2.24) is 9.55 Å². The first kappa shape index (κ1) is 12.5. The van der Waals surface area contributed by atoms with Crippen LogP contribution in [0.3, 0.4) is 0 Å². The van der Waals surface area contributed by atoms with Crippen LogP contribution < -0.4 is 11.4 Å². The molecule has 0 spiro atoms. The number of aromatic nitrogens is 2. The lowest BCUT2D eigenvalue weighted by molar-refractivity contribution is 0.542. The van der Waals surface area contributed by atoms with Gasteiger partial charge in [0, 0.05) is 30.9 Å². The fraction of sp³-hybridized carbons (Fsp3) is 0.286. The molecular weight excluding hydrogens is 226 g/mol. The minimum Gasteiger partial charge on any atom is -0.330 e. The molecule has 0 fully saturated rings. The average molecular weight is 243 g/mol. The van der Waals surface area contributed by atoms with Gasteiger partial charge in [0.05, 0.1) is 0 Å². The van der Waals surface area contributed by atoms with Crippen LogP contribution in [0.1, 0.15) is 17.2 Å². The zero-order chi connectivity index (χ0) is 13.0. The number of aryl methyl sites for hydroxylation is 1. The van der Waals surface area contributed by atoms with Crippen LogP contribution in [0.4, 0.5) is 0 Å². The molecule has 2 aromatic rings. The molecule has 2 rings (SSSR count). The standard InChI is InChI=1S/C14H17N3O/c1-11-7-8-17(14(18)16-11)10-13(9-15)12-5-3-2-4-6-12/h2-8,13H,9-10,15H2,1H3. The van der Waals surface area contributed by atoms with E-state index in [1.807, 2.05) is 43.3 Å². The van der Waals surface area contributed by atoms with Crippen molar-refractivity contribution in [3.63, 3.8) is 0 Å². The van der Waals surface area contributed by atoms with Crippen molar-refractivity contribution in [2.24, 2.45) is 5.73 Å². The molecule has 1 aromatic carbocycles. The Labute approximate surface area is 106 Å². The maximum Gasteiger partial charge on any atom is 0.347 e. The molecule has 0 aliphatic heterocycles. The van der Waals surface area contributed by atoms with Crippen molar-refractivity contribution in [2.45, 2.75) is 19.4 Å². The van der Waals surface area contributed by atoms with E-state index in [-0.39, 0.29) is 11.6 Å². The first-order valence-electron chi connectivity index (χ1n) is 6.00. The highest BCUT2D eigenvalue weighted by Gasteiger charge is 2.11. The van der Waals surface area contributed by atoms with Gasteiger partial charge in [-0.15, -0.1) is 0 Å². The fourth-order valence-corrected chi connectivity index (χ4v) is 1.93. The summed E-state index contributed by atoms with van der Waals surface area (Å²) in [5.74, 6) is 0.133. The van der Waals surface area contributed by atoms with Gasteiger partial charge in [0.2, 0.25) is 0 Å². The van der Waals surface area contributed by atoms with E-state index in [1.165, 1.54) is 0 Å². The number of nitrogens with two attached hydrogens (primary N) is 1. The van der Waals surface area contributed by atoms with Gasteiger partial charge in [-0.3, -0.25) is 4.57 Å². The summed E-state index contributed by atoms with van der Waals surface area (Å²) in [6.07, 6.45) is 1.77. The van der Waals surface area contributed by atoms with E-state index >= 15 is 0 Å². The Hall–Kier alpha value is -1.94. The molecule has 0 radical (unpaired) electrons. The highest BCUT2D eigenvalue weighted by atomic mass is 16.1. The van der Waals surface area contributed by atoms with Gasteiger partial charge >= 0.3 is 5.69 Å². The zero-order valence-electron chi connectivity index (χ0n) is 10.4. The quantitative estimate of drug-likeness (QED) is 0.880. The number of nitrogens with zero attached hydrogens (tertiary/aromatic N) is 2. The molecule has 4 nitrogen and oxygen atoms in total. The summed E-state index contributed by atoms with van der Waals surface area (Å²) < 4.78 is 1.61. The summed E-state index contributed by atoms with van der Waals surface area (Å²) in [5.41, 5.74) is 7.46. The van der Waals surface area contributed by atoms with Gasteiger partial charge in [0.1, 0.15) is 0 Å². The monoisotopic (exact) mass is 243 g/mol. The molecule has 2 N–H and O–H groups in total. The molecule has 0 saturated heterocycles. The lowest BCUT2D eigenvalue weighted by Gasteiger charge is -2.16. The van der Waals surface area contributed by atoms with Gasteiger partial charge in [-0.1, -0.05) is 30.3 Å². The Morgan fingerprint density at radius 3 is 2.61 bits per heavy atom. The molecule has 0 aliphatic carbocycles. The molecule has 18 heavy (non-hydrogen) atoms. The van der Waals surface area contributed by atoms with Crippen molar-refractivity contribution in [1.29, 1.82) is 0 Å². The highest BCUT2D eigenvalue weighted by molar-refractivity contribution is 5.19. The third-order valence-electron chi connectivity index (χ3n) is 2.99. The zero-order valence-corrected chi connectivity index (χ0v) is 10.4. The molecule has 0 bridgehead atoms. The highest BCUT2D eigenvalue weighted by Crippen LogP contribution is 2.15. The lowest BCUT2D eigenvalue weighted by Crippen LogP contribution is -2.28. The molecule has 0 aliphatic rings. The van der Waals surface area contributed by atoms with E-state index in [9.17, 15) is 4.79 Å². The Balaban J connectivity index is 2.23. The maximum atomic E-state index is 11.7. The van der Waals surface area contributed by atoms with Crippen LogP contribution >= 0.6 is 0 Å². The van der Waals surface area contributed by atoms with Gasteiger partial charge in [-0.25, -0.2) is 4.79 Å². The van der Waals surface area contributed by atoms with Crippen LogP contribution in [0.5, 0.6) is 0 Å². The third-order valence-corrected chi connectivity index (χ3v) is 2.99. The molecule has 1 unspecified atom stereocenters. The summed E-state index contributed by atoms with van der Waals surface area (Å²) >= 11 is 0. The summed E-state index contributed by atoms with van der Waals surface area (Å²) in [4.78, 5) is 15.7. The third kappa shape index (κ3) is 2.84. The van der Waals surface area contributed by atoms with Gasteiger partial charge in [-0.2, -0.15) is 4.98 Å². The Morgan fingerprint density at radius 1 is 1.28 bits per heavy atom. The van der Waals surface area contributed by atoms with E-state index in [4.69, 9.17) is 5.73 Å². The molecule has 0 saturated carbocycles. The first-order chi connectivity index (χ1) is 8.70. The number of rotatable bonds is 4. The van der Waals surface area contributed by atoms with E-state index in [0.29, 0.717) is 13.1 Å². The molecule has 1 atom stereocenters. The predicted octanol–water partition coefficient (Wildman–Crippen LogP) is 1.29. The maximum absolute atomic E-state index is 11.7. The van der Waals surface area contributed by atoms with E-state index in [2.05, 4.69) is 4.98 Å². The lowest BCUT2D eigenvalue weighted by atomic mass is 9.99. The van der Waals surface area contributed by atoms with Crippen LogP contribution in [-0.2, 0) is 6.54 Å². The Kier molecular flexibility index (Phi) is 3.89. The fourth-order valence-electron chi connectivity index (χ4n) is 1.93. The number of benzene rings is 1. The second kappa shape index (κ2) is 5.60. The summed E-state index contributed by atoms with van der Waals surface area (Å²) in [6, 6.07) is 11.8. The largest absolute Gasteiger partial charge is 0.347 e. The average Bonchev–Trinajstić information content (AvgIpc) is 2.39. The predicted molar refractivity (Wildman–Crippen MR) is 71.5 cm³/mol. The normalized spacial score (nSPS) is 12.3. The molecule has 94 valence electrons. The second-order valence-electron chi connectivity index (χ2n) is 4.35. The Bertz CT molecular complexity index is 563. The molecule has 4 heteroatoms. The molecular formula is C14H17N3O. The molecule has 1 aromatic heterocycles. The van der Waals surface area contributed by atoms with Crippen LogP contribution in [0.2, 0.25) is 0 Å². The minimum absolute atomic E-state index is 0.133. The number of hydrogen-bond donors (Lipinski definition) is 1. The first-order valence-corrected chi connectivity index (χ1v) is 6.00. The van der Waals surface area contributed by atoms with Crippen LogP contribution in [-0.4, -0.2) is 16.1 Å². The van der Waals surface area contributed by atoms with Gasteiger partial charge in [-0.05, 0) is 18.6 Å². The molecule has 0 amide bonds. The minimum atomic E-state index is -0.218. The topological polar surface area (TPSA) is 60.9 Å². The van der Waals surface area contributed by atoms with E-state index in [0.717, 1.165) is 11.3 Å². The number of hydrogen-bond acceptors (Lipinski definition) is 3. The Morgan fingerprint density at radius 2 is 2.00 bits per heavy atom. The second-order valence-corrected chi connectivity index (χ2v) is 4.35. The molecule has 1 heterocycles. The van der Waals surface area contributed by atoms with Crippen LogP contribution in [0.25, 0.3) is 0 Å². The van der Waals surface area contributed by atoms with Crippen molar-refractivity contribution in [3.05, 3.63) is 64.3 Å². The SMILES string of the molecule is Cc1ccn(CC(CN)c2ccccc2)c(=O)n1. The van der Waals surface area contributed by atoms with Crippen LogP contribution in [0, 0.1) is 6.92 Å². The summed E-state index contributed by atoms with van der Waals surface area (Å²) in [6.45, 7) is 2.88. The van der Waals surface area contributed by atoms with E-state index in [1.54, 1.807) is 10.8 Å². The van der Waals surface area contributed by atoms with Crippen molar-refractivity contribution < 1.29 is 0 Å². The summed E-state index contributed by atoms with van der Waals surface area (Å²) in [5, 5.41) is 0. The van der Waals surface area contributed by atoms with Crippen molar-refractivity contribution in [2.75, 3.05) is 6.54 Å². The van der Waals surface area contributed by atoms with Crippen molar-refractivity contribution in [3.8, 4) is 0 Å². The van der Waals surface area contributed by atoms with E-state index < -0.39 is 0 Å². The van der Waals surface area contributed by atoms with Crippen LogP contribution in [0.15, 0.2) is 47.4 Å². The smallest absolute Gasteiger partial charge is 0.330 e. The summed E-state index contributed by atoms with van der Waals surface area (Å²) in [7, 11) is 0. The van der Waals surface area contributed by atoms with Crippen molar-refractivity contribution >= 4 is 0 Å². The van der Waals surface area contributed by atoms with Gasteiger partial charge in [0.25, 0.3) is 0 Å². The van der Waals surface area contributed by atoms with Gasteiger partial charge < -0.3 is 5.73 Å². The van der Waals surface area contributed by atoms with Gasteiger partial charge in [0.15, 0.2) is 0 Å².